The summed E-state index contributed by atoms with van der Waals surface area (Å²) >= 11 is 0. The molecule has 0 bridgehead atoms. The molecule has 18 heavy (non-hydrogen) atoms. The summed E-state index contributed by atoms with van der Waals surface area (Å²) in [5.41, 5.74) is 0.911. The Labute approximate surface area is 105 Å². The molecule has 2 saturated heterocycles. The number of hydrogen-bond donors (Lipinski definition) is 2. The molecule has 0 aliphatic carbocycles. The highest BCUT2D eigenvalue weighted by Crippen LogP contribution is 2.33. The lowest BCUT2D eigenvalue weighted by atomic mass is 10.0. The Bertz CT molecular complexity index is 396. The standard InChI is InChI=1S/C13H16O5/c14-9-6-11(15)17-10-7-16-13(18-12(9)10)8-4-2-1-3-5-8/h1-5,9-15H,6-7H2. The first kappa shape index (κ1) is 12.1. The van der Waals surface area contributed by atoms with Crippen LogP contribution in [0.1, 0.15) is 18.3 Å². The first-order valence-corrected chi connectivity index (χ1v) is 6.07. The van der Waals surface area contributed by atoms with Crippen LogP contribution in [0.15, 0.2) is 30.3 Å². The Balaban J connectivity index is 1.73. The van der Waals surface area contributed by atoms with E-state index in [0.29, 0.717) is 6.61 Å². The number of benzene rings is 1. The summed E-state index contributed by atoms with van der Waals surface area (Å²) < 4.78 is 16.6. The van der Waals surface area contributed by atoms with Crippen molar-refractivity contribution >= 4 is 0 Å². The normalized spacial score (nSPS) is 40.2. The topological polar surface area (TPSA) is 68.2 Å². The maximum Gasteiger partial charge on any atom is 0.184 e. The van der Waals surface area contributed by atoms with Gasteiger partial charge in [0.05, 0.1) is 12.7 Å². The summed E-state index contributed by atoms with van der Waals surface area (Å²) in [5, 5.41) is 19.3. The first-order chi connectivity index (χ1) is 8.74. The van der Waals surface area contributed by atoms with Gasteiger partial charge in [-0.2, -0.15) is 0 Å². The summed E-state index contributed by atoms with van der Waals surface area (Å²) in [4.78, 5) is 0. The molecule has 2 fully saturated rings. The minimum absolute atomic E-state index is 0.169. The second-order valence-corrected chi connectivity index (χ2v) is 4.61. The van der Waals surface area contributed by atoms with E-state index in [9.17, 15) is 10.2 Å². The van der Waals surface area contributed by atoms with Crippen LogP contribution in [0, 0.1) is 0 Å². The molecule has 5 heteroatoms. The predicted octanol–water partition coefficient (Wildman–Crippen LogP) is 0.569. The van der Waals surface area contributed by atoms with Gasteiger partial charge in [0.2, 0.25) is 0 Å². The number of aliphatic hydroxyl groups excluding tert-OH is 2. The second kappa shape index (κ2) is 4.95. The fraction of sp³-hybridized carbons (Fsp3) is 0.538. The van der Waals surface area contributed by atoms with E-state index in [-0.39, 0.29) is 6.42 Å². The Kier molecular flexibility index (Phi) is 3.32. The molecule has 5 nitrogen and oxygen atoms in total. The van der Waals surface area contributed by atoms with Crippen LogP contribution in [0.25, 0.3) is 0 Å². The maximum absolute atomic E-state index is 9.92. The summed E-state index contributed by atoms with van der Waals surface area (Å²) in [6.45, 7) is 0.304. The third-order valence-corrected chi connectivity index (χ3v) is 3.29. The van der Waals surface area contributed by atoms with Crippen LogP contribution in [0.3, 0.4) is 0 Å². The van der Waals surface area contributed by atoms with E-state index in [1.54, 1.807) is 0 Å². The monoisotopic (exact) mass is 252 g/mol. The predicted molar refractivity (Wildman–Crippen MR) is 61.5 cm³/mol. The molecule has 2 aliphatic heterocycles. The van der Waals surface area contributed by atoms with Crippen molar-refractivity contribution in [1.29, 1.82) is 0 Å². The van der Waals surface area contributed by atoms with Gasteiger partial charge in [-0.05, 0) is 0 Å². The van der Waals surface area contributed by atoms with Crippen molar-refractivity contribution in [2.24, 2.45) is 0 Å². The second-order valence-electron chi connectivity index (χ2n) is 4.61. The van der Waals surface area contributed by atoms with Crippen molar-refractivity contribution < 1.29 is 24.4 Å². The Morgan fingerprint density at radius 3 is 2.61 bits per heavy atom. The lowest BCUT2D eigenvalue weighted by Crippen LogP contribution is -2.54. The molecular weight excluding hydrogens is 236 g/mol. The van der Waals surface area contributed by atoms with Crippen molar-refractivity contribution in [3.8, 4) is 0 Å². The maximum atomic E-state index is 9.92. The largest absolute Gasteiger partial charge is 0.390 e. The van der Waals surface area contributed by atoms with Gasteiger partial charge >= 0.3 is 0 Å². The molecule has 5 atom stereocenters. The fourth-order valence-electron chi connectivity index (χ4n) is 2.38. The van der Waals surface area contributed by atoms with E-state index in [2.05, 4.69) is 0 Å². The van der Waals surface area contributed by atoms with Gasteiger partial charge in [-0.3, -0.25) is 0 Å². The smallest absolute Gasteiger partial charge is 0.184 e. The molecule has 2 aliphatic rings. The third-order valence-electron chi connectivity index (χ3n) is 3.29. The van der Waals surface area contributed by atoms with Crippen LogP contribution < -0.4 is 0 Å². The lowest BCUT2D eigenvalue weighted by Gasteiger charge is -2.43. The average molecular weight is 252 g/mol. The van der Waals surface area contributed by atoms with Crippen molar-refractivity contribution in [3.63, 3.8) is 0 Å². The van der Waals surface area contributed by atoms with Crippen molar-refractivity contribution in [2.75, 3.05) is 6.61 Å². The molecule has 98 valence electrons. The van der Waals surface area contributed by atoms with Gasteiger partial charge in [-0.25, -0.2) is 0 Å². The van der Waals surface area contributed by atoms with Crippen molar-refractivity contribution in [2.45, 2.75) is 37.3 Å². The molecule has 0 radical (unpaired) electrons. The molecule has 1 aromatic rings. The van der Waals surface area contributed by atoms with Crippen LogP contribution in [-0.2, 0) is 14.2 Å². The van der Waals surface area contributed by atoms with Crippen LogP contribution in [0.5, 0.6) is 0 Å². The Morgan fingerprint density at radius 1 is 1.06 bits per heavy atom. The van der Waals surface area contributed by atoms with Gasteiger partial charge < -0.3 is 24.4 Å². The zero-order chi connectivity index (χ0) is 12.5. The molecule has 2 heterocycles. The quantitative estimate of drug-likeness (QED) is 0.764. The molecule has 0 spiro atoms. The molecule has 0 aromatic heterocycles. The fourth-order valence-corrected chi connectivity index (χ4v) is 2.38. The average Bonchev–Trinajstić information content (AvgIpc) is 2.39. The Morgan fingerprint density at radius 2 is 1.83 bits per heavy atom. The minimum atomic E-state index is -0.943. The highest BCUT2D eigenvalue weighted by atomic mass is 16.7. The van der Waals surface area contributed by atoms with Crippen LogP contribution in [-0.4, -0.2) is 41.4 Å². The minimum Gasteiger partial charge on any atom is -0.390 e. The van der Waals surface area contributed by atoms with Crippen molar-refractivity contribution in [3.05, 3.63) is 35.9 Å². The molecule has 1 aromatic carbocycles. The van der Waals surface area contributed by atoms with Gasteiger partial charge in [0, 0.05) is 12.0 Å². The summed E-state index contributed by atoms with van der Waals surface area (Å²) in [7, 11) is 0. The highest BCUT2D eigenvalue weighted by Gasteiger charge is 2.43. The third kappa shape index (κ3) is 2.28. The van der Waals surface area contributed by atoms with Gasteiger partial charge in [-0.15, -0.1) is 0 Å². The van der Waals surface area contributed by atoms with E-state index >= 15 is 0 Å². The number of hydrogen-bond acceptors (Lipinski definition) is 5. The summed E-state index contributed by atoms with van der Waals surface area (Å²) in [6.07, 6.45) is -2.85. The molecule has 3 rings (SSSR count). The first-order valence-electron chi connectivity index (χ1n) is 6.07. The van der Waals surface area contributed by atoms with Crippen LogP contribution >= 0.6 is 0 Å². The molecule has 2 N–H and O–H groups in total. The summed E-state index contributed by atoms with van der Waals surface area (Å²) in [5.74, 6) is 0. The molecular formula is C13H16O5. The van der Waals surface area contributed by atoms with Crippen LogP contribution in [0.4, 0.5) is 0 Å². The van der Waals surface area contributed by atoms with Crippen molar-refractivity contribution in [1.82, 2.24) is 0 Å². The molecule has 0 saturated carbocycles. The highest BCUT2D eigenvalue weighted by molar-refractivity contribution is 5.16. The zero-order valence-electron chi connectivity index (χ0n) is 9.81. The zero-order valence-corrected chi connectivity index (χ0v) is 9.81. The van der Waals surface area contributed by atoms with E-state index in [4.69, 9.17) is 14.2 Å². The Hall–Kier alpha value is -0.980. The van der Waals surface area contributed by atoms with Gasteiger partial charge in [-0.1, -0.05) is 30.3 Å². The van der Waals surface area contributed by atoms with Crippen LogP contribution in [0.2, 0.25) is 0 Å². The lowest BCUT2D eigenvalue weighted by molar-refractivity contribution is -0.331. The van der Waals surface area contributed by atoms with E-state index < -0.39 is 30.9 Å². The van der Waals surface area contributed by atoms with Gasteiger partial charge in [0.15, 0.2) is 12.6 Å². The number of ether oxygens (including phenoxy) is 3. The van der Waals surface area contributed by atoms with E-state index in [1.807, 2.05) is 30.3 Å². The van der Waals surface area contributed by atoms with E-state index in [0.717, 1.165) is 5.56 Å². The van der Waals surface area contributed by atoms with Gasteiger partial charge in [0.1, 0.15) is 12.2 Å². The summed E-state index contributed by atoms with van der Waals surface area (Å²) in [6, 6.07) is 9.56. The molecule has 0 amide bonds. The number of rotatable bonds is 1. The van der Waals surface area contributed by atoms with Gasteiger partial charge in [0.25, 0.3) is 0 Å². The number of aliphatic hydroxyl groups is 2. The number of fused-ring (bicyclic) bond motifs is 1. The SMILES string of the molecule is OC1CC(O)C2OC(c3ccccc3)OCC2O1. The van der Waals surface area contributed by atoms with E-state index in [1.165, 1.54) is 0 Å². The molecule has 5 unspecified atom stereocenters.